The molecule has 0 fully saturated rings. The molecule has 0 aliphatic carbocycles. The Balaban J connectivity index is 0.00000117. The van der Waals surface area contributed by atoms with Crippen molar-refractivity contribution < 1.29 is 17.6 Å². The van der Waals surface area contributed by atoms with Gasteiger partial charge in [-0.1, -0.05) is 43.6 Å². The van der Waals surface area contributed by atoms with Crippen molar-refractivity contribution in [3.63, 3.8) is 0 Å². The lowest BCUT2D eigenvalue weighted by atomic mass is 10.0. The fourth-order valence-electron chi connectivity index (χ4n) is 3.01. The lowest BCUT2D eigenvalue weighted by Gasteiger charge is -2.09. The Kier molecular flexibility index (Phi) is 5.74. The van der Waals surface area contributed by atoms with Crippen LogP contribution >= 0.6 is 22.9 Å². The Morgan fingerprint density at radius 1 is 1.07 bits per heavy atom. The van der Waals surface area contributed by atoms with Crippen molar-refractivity contribution >= 4 is 43.2 Å². The van der Waals surface area contributed by atoms with E-state index in [-0.39, 0.29) is 16.0 Å². The lowest BCUT2D eigenvalue weighted by molar-refractivity contribution is -0.137. The van der Waals surface area contributed by atoms with E-state index in [4.69, 9.17) is 11.6 Å². The standard InChI is InChI=1S/C19H10ClF4NOS.C2H6/c1-8-16(20)17(26)15-12-4-2-9(6-14(12)27-18(15)25-8)11-5-3-10(7-13(11)21)19(22,23)24;1-2/h2-7H,1H3,(H,25,26);1-2H3. The lowest BCUT2D eigenvalue weighted by Crippen LogP contribution is -2.05. The van der Waals surface area contributed by atoms with Crippen LogP contribution in [0.4, 0.5) is 17.6 Å². The highest BCUT2D eigenvalue weighted by molar-refractivity contribution is 7.25. The Hall–Kier alpha value is -2.38. The minimum atomic E-state index is -4.60. The third-order valence-electron chi connectivity index (χ3n) is 4.35. The number of aryl methyl sites for hydroxylation is 1. The molecule has 8 heteroatoms. The van der Waals surface area contributed by atoms with Gasteiger partial charge < -0.3 is 4.98 Å². The summed E-state index contributed by atoms with van der Waals surface area (Å²) in [5, 5.41) is 1.22. The van der Waals surface area contributed by atoms with Crippen LogP contribution in [-0.4, -0.2) is 4.98 Å². The van der Waals surface area contributed by atoms with Crippen molar-refractivity contribution in [2.75, 3.05) is 0 Å². The van der Waals surface area contributed by atoms with Crippen LogP contribution in [0.25, 0.3) is 31.4 Å². The molecule has 2 heterocycles. The molecule has 4 aromatic rings. The maximum absolute atomic E-state index is 14.3. The first kappa shape index (κ1) is 21.3. The van der Waals surface area contributed by atoms with Crippen LogP contribution in [-0.2, 0) is 6.18 Å². The fourth-order valence-corrected chi connectivity index (χ4v) is 4.34. The van der Waals surface area contributed by atoms with Gasteiger partial charge in [0, 0.05) is 21.3 Å². The number of halogens is 5. The Labute approximate surface area is 172 Å². The summed E-state index contributed by atoms with van der Waals surface area (Å²) in [5.41, 5.74) is -0.293. The van der Waals surface area contributed by atoms with Gasteiger partial charge >= 0.3 is 6.18 Å². The summed E-state index contributed by atoms with van der Waals surface area (Å²) in [6.07, 6.45) is -4.60. The van der Waals surface area contributed by atoms with E-state index in [1.54, 1.807) is 25.1 Å². The van der Waals surface area contributed by atoms with Gasteiger partial charge in [0.2, 0.25) is 5.43 Å². The molecule has 2 aromatic carbocycles. The largest absolute Gasteiger partial charge is 0.416 e. The number of hydrogen-bond acceptors (Lipinski definition) is 2. The van der Waals surface area contributed by atoms with Crippen LogP contribution in [0.1, 0.15) is 25.1 Å². The van der Waals surface area contributed by atoms with Gasteiger partial charge in [0.1, 0.15) is 15.7 Å². The third kappa shape index (κ3) is 3.76. The summed E-state index contributed by atoms with van der Waals surface area (Å²) in [7, 11) is 0. The predicted molar refractivity (Wildman–Crippen MR) is 111 cm³/mol. The molecule has 2 aromatic heterocycles. The molecule has 1 N–H and O–H groups in total. The van der Waals surface area contributed by atoms with E-state index in [1.807, 2.05) is 13.8 Å². The summed E-state index contributed by atoms with van der Waals surface area (Å²) in [5.74, 6) is -0.958. The molecule has 0 aliphatic heterocycles. The van der Waals surface area contributed by atoms with Crippen LogP contribution < -0.4 is 5.43 Å². The number of fused-ring (bicyclic) bond motifs is 3. The number of nitrogens with one attached hydrogen (secondary N) is 1. The number of H-pyrrole nitrogens is 1. The van der Waals surface area contributed by atoms with E-state index in [1.165, 1.54) is 11.3 Å². The zero-order valence-electron chi connectivity index (χ0n) is 15.7. The zero-order chi connectivity index (χ0) is 21.5. The number of pyridine rings is 1. The average Bonchev–Trinajstić information content (AvgIpc) is 3.04. The molecule has 0 saturated carbocycles. The Bertz CT molecular complexity index is 1270. The average molecular weight is 442 g/mol. The molecular weight excluding hydrogens is 426 g/mol. The maximum atomic E-state index is 14.3. The second kappa shape index (κ2) is 7.80. The Morgan fingerprint density at radius 3 is 2.38 bits per heavy atom. The van der Waals surface area contributed by atoms with Crippen molar-refractivity contribution in [3.05, 3.63) is 68.7 Å². The molecular formula is C21H16ClF4NOS. The Morgan fingerprint density at radius 2 is 1.76 bits per heavy atom. The molecule has 0 unspecified atom stereocenters. The molecule has 152 valence electrons. The first-order chi connectivity index (χ1) is 13.7. The van der Waals surface area contributed by atoms with Gasteiger partial charge in [-0.25, -0.2) is 4.39 Å². The van der Waals surface area contributed by atoms with Gasteiger partial charge in [0.25, 0.3) is 0 Å². The van der Waals surface area contributed by atoms with E-state index in [9.17, 15) is 22.4 Å². The van der Waals surface area contributed by atoms with Crippen LogP contribution in [0.3, 0.4) is 0 Å². The van der Waals surface area contributed by atoms with Crippen molar-refractivity contribution in [2.24, 2.45) is 0 Å². The molecule has 2 nitrogen and oxygen atoms in total. The molecule has 0 amide bonds. The third-order valence-corrected chi connectivity index (χ3v) is 5.88. The quantitative estimate of drug-likeness (QED) is 0.304. The second-order valence-corrected chi connectivity index (χ2v) is 7.53. The zero-order valence-corrected chi connectivity index (χ0v) is 17.2. The summed E-state index contributed by atoms with van der Waals surface area (Å²) in [4.78, 5) is 16.2. The van der Waals surface area contributed by atoms with Gasteiger partial charge in [0.05, 0.1) is 10.9 Å². The van der Waals surface area contributed by atoms with Crippen molar-refractivity contribution in [3.8, 4) is 11.1 Å². The SMILES string of the molecule is CC.Cc1[nH]c2sc3cc(-c4ccc(C(F)(F)F)cc4F)ccc3c2c(=O)c1Cl. The van der Waals surface area contributed by atoms with Crippen LogP contribution in [0.2, 0.25) is 5.02 Å². The van der Waals surface area contributed by atoms with Crippen LogP contribution in [0, 0.1) is 12.7 Å². The fraction of sp³-hybridized carbons (Fsp3) is 0.190. The van der Waals surface area contributed by atoms with E-state index in [0.29, 0.717) is 37.6 Å². The minimum absolute atomic E-state index is 0.0582. The molecule has 4 rings (SSSR count). The molecule has 0 radical (unpaired) electrons. The molecule has 29 heavy (non-hydrogen) atoms. The van der Waals surface area contributed by atoms with Gasteiger partial charge in [-0.15, -0.1) is 11.3 Å². The summed E-state index contributed by atoms with van der Waals surface area (Å²) in [6.45, 7) is 5.69. The minimum Gasteiger partial charge on any atom is -0.349 e. The highest BCUT2D eigenvalue weighted by atomic mass is 35.5. The monoisotopic (exact) mass is 441 g/mol. The predicted octanol–water partition coefficient (Wildman–Crippen LogP) is 7.56. The number of rotatable bonds is 1. The highest BCUT2D eigenvalue weighted by Gasteiger charge is 2.31. The van der Waals surface area contributed by atoms with Gasteiger partial charge in [-0.05, 0) is 30.7 Å². The summed E-state index contributed by atoms with van der Waals surface area (Å²) < 4.78 is 53.1. The highest BCUT2D eigenvalue weighted by Crippen LogP contribution is 2.37. The van der Waals surface area contributed by atoms with Crippen LogP contribution in [0.5, 0.6) is 0 Å². The van der Waals surface area contributed by atoms with E-state index in [2.05, 4.69) is 4.98 Å². The molecule has 0 aliphatic rings. The first-order valence-corrected chi connectivity index (χ1v) is 9.98. The maximum Gasteiger partial charge on any atom is 0.416 e. The summed E-state index contributed by atoms with van der Waals surface area (Å²) in [6, 6.07) is 7.33. The normalized spacial score (nSPS) is 11.6. The molecule has 0 spiro atoms. The number of hydrogen-bond donors (Lipinski definition) is 1. The van der Waals surface area contributed by atoms with Gasteiger partial charge in [0.15, 0.2) is 0 Å². The molecule has 0 bridgehead atoms. The van der Waals surface area contributed by atoms with E-state index >= 15 is 0 Å². The number of alkyl halides is 3. The van der Waals surface area contributed by atoms with Gasteiger partial charge in [-0.3, -0.25) is 4.79 Å². The van der Waals surface area contributed by atoms with Gasteiger partial charge in [-0.2, -0.15) is 13.2 Å². The van der Waals surface area contributed by atoms with E-state index in [0.717, 1.165) is 12.1 Å². The smallest absolute Gasteiger partial charge is 0.349 e. The molecule has 0 saturated heterocycles. The summed E-state index contributed by atoms with van der Waals surface area (Å²) >= 11 is 7.34. The molecule has 0 atom stereocenters. The number of aromatic nitrogens is 1. The second-order valence-electron chi connectivity index (χ2n) is 6.10. The number of aromatic amines is 1. The van der Waals surface area contributed by atoms with Crippen molar-refractivity contribution in [1.29, 1.82) is 0 Å². The van der Waals surface area contributed by atoms with E-state index < -0.39 is 17.6 Å². The number of thiophene rings is 1. The van der Waals surface area contributed by atoms with Crippen LogP contribution in [0.15, 0.2) is 41.2 Å². The number of benzene rings is 2. The van der Waals surface area contributed by atoms with Crippen molar-refractivity contribution in [1.82, 2.24) is 4.98 Å². The first-order valence-electron chi connectivity index (χ1n) is 8.78. The van der Waals surface area contributed by atoms with Crippen molar-refractivity contribution in [2.45, 2.75) is 26.9 Å². The topological polar surface area (TPSA) is 32.9 Å².